The molecule has 2 aromatic rings. The highest BCUT2D eigenvalue weighted by atomic mass is 16.5. The van der Waals surface area contributed by atoms with E-state index in [4.69, 9.17) is 10.3 Å². The summed E-state index contributed by atoms with van der Waals surface area (Å²) >= 11 is 0. The third-order valence-corrected chi connectivity index (χ3v) is 4.04. The number of aromatic nitrogens is 1. The summed E-state index contributed by atoms with van der Waals surface area (Å²) in [6, 6.07) is 10.6. The minimum absolute atomic E-state index is 0.420. The lowest BCUT2D eigenvalue weighted by Gasteiger charge is -2.21. The second kappa shape index (κ2) is 5.57. The van der Waals surface area contributed by atoms with Crippen LogP contribution in [0.1, 0.15) is 49.3 Å². The van der Waals surface area contributed by atoms with Gasteiger partial charge in [-0.25, -0.2) is 0 Å². The second-order valence-corrected chi connectivity index (χ2v) is 5.34. The molecule has 1 saturated carbocycles. The van der Waals surface area contributed by atoms with Gasteiger partial charge in [0.25, 0.3) is 0 Å². The summed E-state index contributed by atoms with van der Waals surface area (Å²) in [4.78, 5) is 0. The van der Waals surface area contributed by atoms with Gasteiger partial charge in [-0.05, 0) is 24.3 Å². The van der Waals surface area contributed by atoms with E-state index < -0.39 is 0 Å². The first-order valence-corrected chi connectivity index (χ1v) is 7.13. The standard InChI is InChI=1S/C16H20N2O/c17-11-15-10-16(19-18-15)14-8-6-13(7-9-14)12-4-2-1-3-5-12/h6-10,12H,1-5,11,17H2. The van der Waals surface area contributed by atoms with E-state index in [2.05, 4.69) is 29.4 Å². The van der Waals surface area contributed by atoms with Crippen LogP contribution in [0.15, 0.2) is 34.9 Å². The highest BCUT2D eigenvalue weighted by Crippen LogP contribution is 2.33. The van der Waals surface area contributed by atoms with Crippen LogP contribution < -0.4 is 5.73 Å². The third kappa shape index (κ3) is 2.71. The van der Waals surface area contributed by atoms with E-state index in [9.17, 15) is 0 Å². The van der Waals surface area contributed by atoms with Crippen molar-refractivity contribution in [3.63, 3.8) is 0 Å². The molecule has 3 rings (SSSR count). The van der Waals surface area contributed by atoms with Gasteiger partial charge < -0.3 is 10.3 Å². The maximum absolute atomic E-state index is 5.54. The fourth-order valence-corrected chi connectivity index (χ4v) is 2.90. The summed E-state index contributed by atoms with van der Waals surface area (Å²) in [5.41, 5.74) is 8.87. The zero-order valence-corrected chi connectivity index (χ0v) is 11.1. The van der Waals surface area contributed by atoms with Crippen LogP contribution in [0.2, 0.25) is 0 Å². The van der Waals surface area contributed by atoms with Crippen molar-refractivity contribution < 1.29 is 4.52 Å². The van der Waals surface area contributed by atoms with E-state index in [-0.39, 0.29) is 0 Å². The van der Waals surface area contributed by atoms with Gasteiger partial charge in [0.15, 0.2) is 5.76 Å². The SMILES string of the molecule is NCc1cc(-c2ccc(C3CCCCC3)cc2)on1. The molecule has 0 spiro atoms. The summed E-state index contributed by atoms with van der Waals surface area (Å²) in [5, 5.41) is 3.92. The number of rotatable bonds is 3. The first-order chi connectivity index (χ1) is 9.36. The lowest BCUT2D eigenvalue weighted by molar-refractivity contribution is 0.423. The number of hydrogen-bond acceptors (Lipinski definition) is 3. The van der Waals surface area contributed by atoms with Gasteiger partial charge in [-0.2, -0.15) is 0 Å². The highest BCUT2D eigenvalue weighted by Gasteiger charge is 2.15. The van der Waals surface area contributed by atoms with Crippen LogP contribution in [0.25, 0.3) is 11.3 Å². The summed E-state index contributed by atoms with van der Waals surface area (Å²) in [5.74, 6) is 1.55. The molecule has 0 bridgehead atoms. The zero-order chi connectivity index (χ0) is 13.1. The number of nitrogens with two attached hydrogens (primary N) is 1. The first-order valence-electron chi connectivity index (χ1n) is 7.13. The van der Waals surface area contributed by atoms with E-state index in [0.29, 0.717) is 6.54 Å². The molecule has 100 valence electrons. The Morgan fingerprint density at radius 2 is 1.84 bits per heavy atom. The molecule has 19 heavy (non-hydrogen) atoms. The Morgan fingerprint density at radius 1 is 1.11 bits per heavy atom. The Morgan fingerprint density at radius 3 is 2.47 bits per heavy atom. The quantitative estimate of drug-likeness (QED) is 0.907. The summed E-state index contributed by atoms with van der Waals surface area (Å²) < 4.78 is 5.30. The molecule has 0 unspecified atom stereocenters. The van der Waals surface area contributed by atoms with Crippen molar-refractivity contribution in [2.45, 2.75) is 44.6 Å². The van der Waals surface area contributed by atoms with Gasteiger partial charge in [0.2, 0.25) is 0 Å². The van der Waals surface area contributed by atoms with Gasteiger partial charge in [-0.1, -0.05) is 48.7 Å². The molecule has 0 saturated heterocycles. The summed E-state index contributed by atoms with van der Waals surface area (Å²) in [7, 11) is 0. The summed E-state index contributed by atoms with van der Waals surface area (Å²) in [6.07, 6.45) is 6.80. The van der Waals surface area contributed by atoms with Gasteiger partial charge >= 0.3 is 0 Å². The van der Waals surface area contributed by atoms with Crippen LogP contribution in [0.5, 0.6) is 0 Å². The van der Waals surface area contributed by atoms with Gasteiger partial charge in [0.05, 0.1) is 5.69 Å². The highest BCUT2D eigenvalue weighted by molar-refractivity contribution is 5.57. The van der Waals surface area contributed by atoms with Crippen molar-refractivity contribution in [2.75, 3.05) is 0 Å². The van der Waals surface area contributed by atoms with E-state index in [1.807, 2.05) is 6.07 Å². The number of benzene rings is 1. The third-order valence-electron chi connectivity index (χ3n) is 4.04. The Balaban J connectivity index is 1.78. The van der Waals surface area contributed by atoms with Crippen molar-refractivity contribution in [3.05, 3.63) is 41.6 Å². The average Bonchev–Trinajstić information content (AvgIpc) is 2.97. The number of hydrogen-bond donors (Lipinski definition) is 1. The Hall–Kier alpha value is -1.61. The molecule has 0 radical (unpaired) electrons. The molecule has 0 atom stereocenters. The minimum atomic E-state index is 0.420. The molecule has 1 aliphatic rings. The maximum atomic E-state index is 5.54. The van der Waals surface area contributed by atoms with Crippen molar-refractivity contribution in [1.29, 1.82) is 0 Å². The topological polar surface area (TPSA) is 52.0 Å². The van der Waals surface area contributed by atoms with Gasteiger partial charge in [-0.3, -0.25) is 0 Å². The van der Waals surface area contributed by atoms with Gasteiger partial charge in [0, 0.05) is 18.2 Å². The fourth-order valence-electron chi connectivity index (χ4n) is 2.90. The minimum Gasteiger partial charge on any atom is -0.356 e. The summed E-state index contributed by atoms with van der Waals surface area (Å²) in [6.45, 7) is 0.420. The van der Waals surface area contributed by atoms with E-state index >= 15 is 0 Å². The zero-order valence-electron chi connectivity index (χ0n) is 11.1. The number of nitrogens with zero attached hydrogens (tertiary/aromatic N) is 1. The normalized spacial score (nSPS) is 16.7. The van der Waals surface area contributed by atoms with E-state index in [1.54, 1.807) is 0 Å². The first kappa shape index (κ1) is 12.4. The molecule has 1 aliphatic carbocycles. The van der Waals surface area contributed by atoms with Crippen LogP contribution in [0, 0.1) is 0 Å². The van der Waals surface area contributed by atoms with Crippen molar-refractivity contribution in [2.24, 2.45) is 5.73 Å². The van der Waals surface area contributed by atoms with Crippen molar-refractivity contribution in [3.8, 4) is 11.3 Å². The maximum Gasteiger partial charge on any atom is 0.167 e. The Kier molecular flexibility index (Phi) is 3.65. The Bertz CT molecular complexity index is 524. The van der Waals surface area contributed by atoms with Crippen LogP contribution in [-0.4, -0.2) is 5.16 Å². The lowest BCUT2D eigenvalue weighted by Crippen LogP contribution is -2.04. The molecule has 0 amide bonds. The van der Waals surface area contributed by atoms with Crippen LogP contribution >= 0.6 is 0 Å². The van der Waals surface area contributed by atoms with Gasteiger partial charge in [0.1, 0.15) is 0 Å². The molecule has 1 fully saturated rings. The molecule has 3 heteroatoms. The molecule has 3 nitrogen and oxygen atoms in total. The Labute approximate surface area is 113 Å². The molecular weight excluding hydrogens is 236 g/mol. The fraction of sp³-hybridized carbons (Fsp3) is 0.438. The molecule has 1 aromatic carbocycles. The van der Waals surface area contributed by atoms with Crippen molar-refractivity contribution in [1.82, 2.24) is 5.16 Å². The predicted octanol–water partition coefficient (Wildman–Crippen LogP) is 3.85. The molecular formula is C16H20N2O. The molecule has 1 aromatic heterocycles. The van der Waals surface area contributed by atoms with E-state index in [1.165, 1.54) is 37.7 Å². The van der Waals surface area contributed by atoms with Crippen LogP contribution in [-0.2, 0) is 6.54 Å². The molecule has 1 heterocycles. The van der Waals surface area contributed by atoms with E-state index in [0.717, 1.165) is 22.9 Å². The van der Waals surface area contributed by atoms with Crippen LogP contribution in [0.4, 0.5) is 0 Å². The van der Waals surface area contributed by atoms with Crippen LogP contribution in [0.3, 0.4) is 0 Å². The molecule has 0 aliphatic heterocycles. The lowest BCUT2D eigenvalue weighted by atomic mass is 9.84. The monoisotopic (exact) mass is 256 g/mol. The molecule has 2 N–H and O–H groups in total. The average molecular weight is 256 g/mol. The predicted molar refractivity (Wildman–Crippen MR) is 75.7 cm³/mol. The largest absolute Gasteiger partial charge is 0.356 e. The van der Waals surface area contributed by atoms with Crippen molar-refractivity contribution >= 4 is 0 Å². The smallest absolute Gasteiger partial charge is 0.167 e. The second-order valence-electron chi connectivity index (χ2n) is 5.34. The van der Waals surface area contributed by atoms with Gasteiger partial charge in [-0.15, -0.1) is 0 Å².